The molecule has 1 fully saturated rings. The first-order chi connectivity index (χ1) is 9.61. The molecule has 3 rings (SSSR count). The number of piperidine rings is 1. The van der Waals surface area contributed by atoms with Gasteiger partial charge in [0.2, 0.25) is 0 Å². The number of thiazole rings is 1. The lowest BCUT2D eigenvalue weighted by atomic mass is 10.0. The Kier molecular flexibility index (Phi) is 3.94. The molecule has 0 atom stereocenters. The topological polar surface area (TPSA) is 28.2 Å². The molecule has 1 aliphatic heterocycles. The highest BCUT2D eigenvalue weighted by Crippen LogP contribution is 2.26. The molecule has 20 heavy (non-hydrogen) atoms. The standard InChI is InChI=1S/C16H23N3S/c1-11(2)19-8-6-13(7-9-19)18-14-4-5-15-16(10-14)20-12(3)17-15/h4-5,10-11,13,18H,6-9H2,1-3H3. The van der Waals surface area contributed by atoms with Crippen molar-refractivity contribution in [2.45, 2.75) is 45.7 Å². The second kappa shape index (κ2) is 5.70. The third-order valence-electron chi connectivity index (χ3n) is 4.13. The van der Waals surface area contributed by atoms with Crippen molar-refractivity contribution in [2.75, 3.05) is 18.4 Å². The molecule has 2 aromatic rings. The Balaban J connectivity index is 1.65. The molecule has 1 aromatic heterocycles. The fraction of sp³-hybridized carbons (Fsp3) is 0.562. The quantitative estimate of drug-likeness (QED) is 0.929. The Labute approximate surface area is 125 Å². The molecule has 0 amide bonds. The van der Waals surface area contributed by atoms with Crippen molar-refractivity contribution >= 4 is 27.2 Å². The Morgan fingerprint density at radius 2 is 2.05 bits per heavy atom. The summed E-state index contributed by atoms with van der Waals surface area (Å²) in [6, 6.07) is 7.82. The predicted octanol–water partition coefficient (Wildman–Crippen LogP) is 3.89. The van der Waals surface area contributed by atoms with Crippen LogP contribution in [0.1, 0.15) is 31.7 Å². The summed E-state index contributed by atoms with van der Waals surface area (Å²) < 4.78 is 1.28. The number of rotatable bonds is 3. The van der Waals surface area contributed by atoms with Gasteiger partial charge in [-0.05, 0) is 51.8 Å². The molecule has 1 aliphatic rings. The van der Waals surface area contributed by atoms with Crippen molar-refractivity contribution < 1.29 is 0 Å². The predicted molar refractivity (Wildman–Crippen MR) is 87.7 cm³/mol. The van der Waals surface area contributed by atoms with Crippen LogP contribution in [0.5, 0.6) is 0 Å². The number of nitrogens with zero attached hydrogens (tertiary/aromatic N) is 2. The maximum atomic E-state index is 4.51. The van der Waals surface area contributed by atoms with Crippen LogP contribution in [0, 0.1) is 6.92 Å². The third-order valence-corrected chi connectivity index (χ3v) is 5.06. The van der Waals surface area contributed by atoms with E-state index in [1.165, 1.54) is 36.3 Å². The lowest BCUT2D eigenvalue weighted by Crippen LogP contribution is -2.42. The van der Waals surface area contributed by atoms with E-state index in [1.807, 2.05) is 0 Å². The van der Waals surface area contributed by atoms with Gasteiger partial charge in [-0.3, -0.25) is 0 Å². The van der Waals surface area contributed by atoms with Crippen LogP contribution in [0.2, 0.25) is 0 Å². The Morgan fingerprint density at radius 3 is 2.75 bits per heavy atom. The zero-order chi connectivity index (χ0) is 14.1. The SMILES string of the molecule is Cc1nc2ccc(NC3CCN(C(C)C)CC3)cc2s1. The van der Waals surface area contributed by atoms with Gasteiger partial charge < -0.3 is 10.2 Å². The summed E-state index contributed by atoms with van der Waals surface area (Å²) in [7, 11) is 0. The van der Waals surface area contributed by atoms with Crippen LogP contribution >= 0.6 is 11.3 Å². The molecule has 0 bridgehead atoms. The van der Waals surface area contributed by atoms with E-state index in [0.717, 1.165) is 10.5 Å². The van der Waals surface area contributed by atoms with Crippen molar-refractivity contribution in [2.24, 2.45) is 0 Å². The van der Waals surface area contributed by atoms with Crippen LogP contribution in [0.25, 0.3) is 10.2 Å². The lowest BCUT2D eigenvalue weighted by molar-refractivity contribution is 0.177. The smallest absolute Gasteiger partial charge is 0.0907 e. The monoisotopic (exact) mass is 289 g/mol. The molecule has 108 valence electrons. The van der Waals surface area contributed by atoms with Crippen molar-refractivity contribution in [3.8, 4) is 0 Å². The highest BCUT2D eigenvalue weighted by molar-refractivity contribution is 7.18. The number of hydrogen-bond acceptors (Lipinski definition) is 4. The number of aryl methyl sites for hydroxylation is 1. The van der Waals surface area contributed by atoms with Crippen LogP contribution in [-0.4, -0.2) is 35.1 Å². The van der Waals surface area contributed by atoms with E-state index in [2.05, 4.69) is 54.2 Å². The molecule has 0 unspecified atom stereocenters. The zero-order valence-electron chi connectivity index (χ0n) is 12.5. The Bertz CT molecular complexity index is 582. The first-order valence-electron chi connectivity index (χ1n) is 7.49. The molecule has 4 heteroatoms. The lowest BCUT2D eigenvalue weighted by Gasteiger charge is -2.35. The maximum Gasteiger partial charge on any atom is 0.0907 e. The van der Waals surface area contributed by atoms with Gasteiger partial charge >= 0.3 is 0 Å². The van der Waals surface area contributed by atoms with Crippen LogP contribution in [0.4, 0.5) is 5.69 Å². The normalized spacial score (nSPS) is 18.0. The van der Waals surface area contributed by atoms with Crippen LogP contribution < -0.4 is 5.32 Å². The fourth-order valence-corrected chi connectivity index (χ4v) is 3.79. The van der Waals surface area contributed by atoms with Crippen molar-refractivity contribution in [1.29, 1.82) is 0 Å². The van der Waals surface area contributed by atoms with Gasteiger partial charge in [0.05, 0.1) is 15.2 Å². The summed E-state index contributed by atoms with van der Waals surface area (Å²) >= 11 is 1.77. The average molecular weight is 289 g/mol. The van der Waals surface area contributed by atoms with Gasteiger partial charge in [0, 0.05) is 30.9 Å². The summed E-state index contributed by atoms with van der Waals surface area (Å²) in [6.07, 6.45) is 2.47. The van der Waals surface area contributed by atoms with E-state index in [4.69, 9.17) is 0 Å². The van der Waals surface area contributed by atoms with E-state index < -0.39 is 0 Å². The van der Waals surface area contributed by atoms with Gasteiger partial charge in [-0.2, -0.15) is 0 Å². The minimum absolute atomic E-state index is 0.608. The number of likely N-dealkylation sites (tertiary alicyclic amines) is 1. The van der Waals surface area contributed by atoms with Gasteiger partial charge in [0.15, 0.2) is 0 Å². The molecular formula is C16H23N3S. The van der Waals surface area contributed by atoms with E-state index >= 15 is 0 Å². The number of aromatic nitrogens is 1. The van der Waals surface area contributed by atoms with Crippen molar-refractivity contribution in [3.05, 3.63) is 23.2 Å². The first-order valence-corrected chi connectivity index (χ1v) is 8.31. The Hall–Kier alpha value is -1.13. The molecule has 2 heterocycles. The van der Waals surface area contributed by atoms with Crippen LogP contribution in [-0.2, 0) is 0 Å². The largest absolute Gasteiger partial charge is 0.382 e. The van der Waals surface area contributed by atoms with E-state index in [1.54, 1.807) is 11.3 Å². The molecular weight excluding hydrogens is 266 g/mol. The molecule has 1 N–H and O–H groups in total. The van der Waals surface area contributed by atoms with Crippen molar-refractivity contribution in [1.82, 2.24) is 9.88 Å². The summed E-state index contributed by atoms with van der Waals surface area (Å²) in [6.45, 7) is 9.05. The molecule has 0 spiro atoms. The van der Waals surface area contributed by atoms with Crippen LogP contribution in [0.3, 0.4) is 0 Å². The number of anilines is 1. The Morgan fingerprint density at radius 1 is 1.30 bits per heavy atom. The molecule has 1 saturated heterocycles. The minimum Gasteiger partial charge on any atom is -0.382 e. The number of hydrogen-bond donors (Lipinski definition) is 1. The molecule has 0 radical (unpaired) electrons. The van der Waals surface area contributed by atoms with Gasteiger partial charge in [-0.25, -0.2) is 4.98 Å². The molecule has 3 nitrogen and oxygen atoms in total. The fourth-order valence-electron chi connectivity index (χ4n) is 2.93. The van der Waals surface area contributed by atoms with E-state index in [0.29, 0.717) is 12.1 Å². The second-order valence-corrected chi connectivity index (χ2v) is 7.20. The maximum absolute atomic E-state index is 4.51. The number of fused-ring (bicyclic) bond motifs is 1. The zero-order valence-corrected chi connectivity index (χ0v) is 13.3. The minimum atomic E-state index is 0.608. The first kappa shape index (κ1) is 13.8. The number of nitrogens with one attached hydrogen (secondary N) is 1. The van der Waals surface area contributed by atoms with Gasteiger partial charge in [-0.15, -0.1) is 11.3 Å². The average Bonchev–Trinajstić information content (AvgIpc) is 2.78. The second-order valence-electron chi connectivity index (χ2n) is 5.96. The molecule has 0 saturated carbocycles. The highest BCUT2D eigenvalue weighted by Gasteiger charge is 2.20. The highest BCUT2D eigenvalue weighted by atomic mass is 32.1. The number of benzene rings is 1. The summed E-state index contributed by atoms with van der Waals surface area (Å²) in [5, 5.41) is 4.84. The molecule has 0 aliphatic carbocycles. The summed E-state index contributed by atoms with van der Waals surface area (Å²) in [5.41, 5.74) is 2.36. The summed E-state index contributed by atoms with van der Waals surface area (Å²) in [4.78, 5) is 7.08. The van der Waals surface area contributed by atoms with Gasteiger partial charge in [-0.1, -0.05) is 0 Å². The molecule has 1 aromatic carbocycles. The van der Waals surface area contributed by atoms with E-state index in [-0.39, 0.29) is 0 Å². The van der Waals surface area contributed by atoms with Crippen LogP contribution in [0.15, 0.2) is 18.2 Å². The van der Waals surface area contributed by atoms with Crippen molar-refractivity contribution in [3.63, 3.8) is 0 Å². The summed E-state index contributed by atoms with van der Waals surface area (Å²) in [5.74, 6) is 0. The van der Waals surface area contributed by atoms with Gasteiger partial charge in [0.1, 0.15) is 0 Å². The van der Waals surface area contributed by atoms with Gasteiger partial charge in [0.25, 0.3) is 0 Å². The van der Waals surface area contributed by atoms with E-state index in [9.17, 15) is 0 Å². The third kappa shape index (κ3) is 2.96.